The van der Waals surface area contributed by atoms with Gasteiger partial charge >= 0.3 is 0 Å². The van der Waals surface area contributed by atoms with Crippen molar-refractivity contribution in [1.82, 2.24) is 5.43 Å². The van der Waals surface area contributed by atoms with Gasteiger partial charge in [-0.2, -0.15) is 0 Å². The first-order valence-corrected chi connectivity index (χ1v) is 8.35. The van der Waals surface area contributed by atoms with E-state index in [0.717, 1.165) is 10.9 Å². The van der Waals surface area contributed by atoms with Crippen molar-refractivity contribution >= 4 is 38.5 Å². The number of nitrogens with one attached hydrogen (secondary N) is 1. The number of benzene rings is 2. The Hall–Kier alpha value is -0.430. The van der Waals surface area contributed by atoms with Crippen molar-refractivity contribution in [2.24, 2.45) is 5.84 Å². The number of aryl methyl sites for hydroxylation is 2. The third kappa shape index (κ3) is 4.04. The second kappa shape index (κ2) is 7.02. The zero-order valence-electron chi connectivity index (χ0n) is 11.6. The molecule has 0 spiro atoms. The second-order valence-corrected chi connectivity index (χ2v) is 7.16. The Balaban J connectivity index is 2.31. The Bertz CT molecular complexity index is 593. The molecule has 0 aliphatic heterocycles. The molecular formula is C16H18BrIN2. The lowest BCUT2D eigenvalue weighted by atomic mass is 9.97. The molecule has 106 valence electrons. The monoisotopic (exact) mass is 444 g/mol. The topological polar surface area (TPSA) is 38.0 Å². The van der Waals surface area contributed by atoms with Crippen molar-refractivity contribution in [2.75, 3.05) is 0 Å². The van der Waals surface area contributed by atoms with E-state index in [4.69, 9.17) is 5.84 Å². The number of hydrogen-bond acceptors (Lipinski definition) is 2. The van der Waals surface area contributed by atoms with Crippen LogP contribution in [0.1, 0.15) is 28.3 Å². The van der Waals surface area contributed by atoms with Gasteiger partial charge in [0.15, 0.2) is 0 Å². The van der Waals surface area contributed by atoms with Crippen LogP contribution in [0.2, 0.25) is 0 Å². The summed E-state index contributed by atoms with van der Waals surface area (Å²) in [4.78, 5) is 0. The molecular weight excluding hydrogens is 427 g/mol. The highest BCUT2D eigenvalue weighted by Crippen LogP contribution is 2.26. The molecule has 0 saturated heterocycles. The summed E-state index contributed by atoms with van der Waals surface area (Å²) in [6, 6.07) is 13.0. The number of hydrogen-bond donors (Lipinski definition) is 2. The predicted molar refractivity (Wildman–Crippen MR) is 96.5 cm³/mol. The maximum atomic E-state index is 5.78. The lowest BCUT2D eigenvalue weighted by molar-refractivity contribution is 0.549. The average Bonchev–Trinajstić information content (AvgIpc) is 2.38. The summed E-state index contributed by atoms with van der Waals surface area (Å²) in [5, 5.41) is 0. The van der Waals surface area contributed by atoms with Crippen molar-refractivity contribution < 1.29 is 0 Å². The van der Waals surface area contributed by atoms with Crippen molar-refractivity contribution in [3.05, 3.63) is 66.7 Å². The Morgan fingerprint density at radius 2 is 1.80 bits per heavy atom. The van der Waals surface area contributed by atoms with E-state index in [1.54, 1.807) is 0 Å². The number of hydrazine groups is 1. The molecule has 2 aromatic carbocycles. The predicted octanol–water partition coefficient (Wildman–Crippen LogP) is 4.42. The Morgan fingerprint density at radius 1 is 1.15 bits per heavy atom. The molecule has 0 fully saturated rings. The van der Waals surface area contributed by atoms with Crippen LogP contribution in [0.4, 0.5) is 0 Å². The molecule has 0 heterocycles. The van der Waals surface area contributed by atoms with Gasteiger partial charge in [-0.25, -0.2) is 0 Å². The van der Waals surface area contributed by atoms with Gasteiger partial charge in [0.25, 0.3) is 0 Å². The van der Waals surface area contributed by atoms with Crippen LogP contribution in [0.25, 0.3) is 0 Å². The van der Waals surface area contributed by atoms with Crippen LogP contribution in [0.15, 0.2) is 40.9 Å². The zero-order valence-corrected chi connectivity index (χ0v) is 15.3. The molecule has 1 atom stereocenters. The molecule has 20 heavy (non-hydrogen) atoms. The minimum absolute atomic E-state index is 0.112. The fourth-order valence-corrected chi connectivity index (χ4v) is 3.55. The van der Waals surface area contributed by atoms with Gasteiger partial charge in [-0.15, -0.1) is 0 Å². The highest BCUT2D eigenvalue weighted by atomic mass is 127. The molecule has 0 aliphatic rings. The van der Waals surface area contributed by atoms with Crippen molar-refractivity contribution in [1.29, 1.82) is 0 Å². The first-order chi connectivity index (χ1) is 9.49. The Labute approximate surface area is 142 Å². The first kappa shape index (κ1) is 15.9. The largest absolute Gasteiger partial charge is 0.271 e. The van der Waals surface area contributed by atoms with Gasteiger partial charge in [-0.05, 0) is 72.2 Å². The molecule has 0 amide bonds. The van der Waals surface area contributed by atoms with Crippen molar-refractivity contribution in [3.8, 4) is 0 Å². The SMILES string of the molecule is Cc1cc(C)cc(CC(NN)c2cc(Br)ccc2I)c1. The zero-order chi connectivity index (χ0) is 14.7. The molecule has 2 nitrogen and oxygen atoms in total. The van der Waals surface area contributed by atoms with Crippen LogP contribution in [0, 0.1) is 17.4 Å². The molecule has 0 saturated carbocycles. The van der Waals surface area contributed by atoms with Crippen LogP contribution in [0.5, 0.6) is 0 Å². The van der Waals surface area contributed by atoms with Crippen LogP contribution >= 0.6 is 38.5 Å². The third-order valence-electron chi connectivity index (χ3n) is 3.26. The van der Waals surface area contributed by atoms with E-state index in [0.29, 0.717) is 0 Å². The Kier molecular flexibility index (Phi) is 5.60. The molecule has 0 radical (unpaired) electrons. The van der Waals surface area contributed by atoms with E-state index >= 15 is 0 Å². The average molecular weight is 445 g/mol. The molecule has 0 aliphatic carbocycles. The van der Waals surface area contributed by atoms with E-state index in [1.807, 2.05) is 0 Å². The minimum atomic E-state index is 0.112. The maximum Gasteiger partial charge on any atom is 0.0511 e. The summed E-state index contributed by atoms with van der Waals surface area (Å²) in [5.41, 5.74) is 8.06. The minimum Gasteiger partial charge on any atom is -0.271 e. The lowest BCUT2D eigenvalue weighted by Crippen LogP contribution is -2.30. The van der Waals surface area contributed by atoms with Gasteiger partial charge in [0, 0.05) is 8.04 Å². The summed E-state index contributed by atoms with van der Waals surface area (Å²) in [7, 11) is 0. The Morgan fingerprint density at radius 3 is 2.40 bits per heavy atom. The van der Waals surface area contributed by atoms with Gasteiger partial charge in [-0.3, -0.25) is 11.3 Å². The first-order valence-electron chi connectivity index (χ1n) is 6.48. The van der Waals surface area contributed by atoms with E-state index in [2.05, 4.69) is 94.2 Å². The van der Waals surface area contributed by atoms with Crippen molar-refractivity contribution in [3.63, 3.8) is 0 Å². The number of nitrogens with two attached hydrogens (primary N) is 1. The summed E-state index contributed by atoms with van der Waals surface area (Å²) in [5.74, 6) is 5.78. The normalized spacial score (nSPS) is 12.4. The van der Waals surface area contributed by atoms with Crippen LogP contribution in [-0.2, 0) is 6.42 Å². The molecule has 1 unspecified atom stereocenters. The third-order valence-corrected chi connectivity index (χ3v) is 4.73. The lowest BCUT2D eigenvalue weighted by Gasteiger charge is -2.19. The molecule has 4 heteroatoms. The van der Waals surface area contributed by atoms with Gasteiger partial charge in [0.1, 0.15) is 0 Å². The molecule has 2 aromatic rings. The standard InChI is InChI=1S/C16H18BrIN2/c1-10-5-11(2)7-12(6-10)8-16(20-19)14-9-13(17)3-4-15(14)18/h3-7,9,16,20H,8,19H2,1-2H3. The van der Waals surface area contributed by atoms with E-state index in [-0.39, 0.29) is 6.04 Å². The van der Waals surface area contributed by atoms with Gasteiger partial charge in [0.05, 0.1) is 6.04 Å². The number of rotatable bonds is 4. The van der Waals surface area contributed by atoms with Crippen LogP contribution in [-0.4, -0.2) is 0 Å². The van der Waals surface area contributed by atoms with E-state index in [9.17, 15) is 0 Å². The summed E-state index contributed by atoms with van der Waals surface area (Å²) in [6.45, 7) is 4.26. The van der Waals surface area contributed by atoms with Crippen LogP contribution in [0.3, 0.4) is 0 Å². The summed E-state index contributed by atoms with van der Waals surface area (Å²) in [6.07, 6.45) is 0.880. The molecule has 0 aromatic heterocycles. The van der Waals surface area contributed by atoms with Crippen LogP contribution < -0.4 is 11.3 Å². The van der Waals surface area contributed by atoms with Gasteiger partial charge in [-0.1, -0.05) is 45.3 Å². The number of halogens is 2. The quantitative estimate of drug-likeness (QED) is 0.416. The molecule has 3 N–H and O–H groups in total. The van der Waals surface area contributed by atoms with Gasteiger partial charge < -0.3 is 0 Å². The molecule has 2 rings (SSSR count). The van der Waals surface area contributed by atoms with Gasteiger partial charge in [0.2, 0.25) is 0 Å². The van der Waals surface area contributed by atoms with Crippen molar-refractivity contribution in [2.45, 2.75) is 26.3 Å². The van der Waals surface area contributed by atoms with E-state index < -0.39 is 0 Å². The smallest absolute Gasteiger partial charge is 0.0511 e. The molecule has 0 bridgehead atoms. The summed E-state index contributed by atoms with van der Waals surface area (Å²) >= 11 is 5.89. The van der Waals surface area contributed by atoms with E-state index in [1.165, 1.54) is 25.8 Å². The fraction of sp³-hybridized carbons (Fsp3) is 0.250. The summed E-state index contributed by atoms with van der Waals surface area (Å²) < 4.78 is 2.30. The highest BCUT2D eigenvalue weighted by Gasteiger charge is 2.14. The fourth-order valence-electron chi connectivity index (χ4n) is 2.46. The maximum absolute atomic E-state index is 5.78. The second-order valence-electron chi connectivity index (χ2n) is 5.09. The highest BCUT2D eigenvalue weighted by molar-refractivity contribution is 14.1.